The second-order valence-corrected chi connectivity index (χ2v) is 6.85. The van der Waals surface area contributed by atoms with Crippen LogP contribution in [0.25, 0.3) is 0 Å². The Morgan fingerprint density at radius 1 is 1.50 bits per heavy atom. The van der Waals surface area contributed by atoms with Gasteiger partial charge in [-0.15, -0.1) is 0 Å². The molecule has 3 rings (SSSR count). The molecule has 0 radical (unpaired) electrons. The molecule has 1 aromatic heterocycles. The molecule has 1 unspecified atom stereocenters. The lowest BCUT2D eigenvalue weighted by Gasteiger charge is -2.38. The summed E-state index contributed by atoms with van der Waals surface area (Å²) in [4.78, 5) is 19.8. The molecule has 0 bridgehead atoms. The van der Waals surface area contributed by atoms with Crippen molar-refractivity contribution in [1.29, 1.82) is 0 Å². The third-order valence-electron chi connectivity index (χ3n) is 4.66. The van der Waals surface area contributed by atoms with E-state index in [4.69, 9.17) is 9.47 Å². The summed E-state index contributed by atoms with van der Waals surface area (Å²) in [6.07, 6.45) is 3.60. The summed E-state index contributed by atoms with van der Waals surface area (Å²) in [5.74, 6) is -0.277. The highest BCUT2D eigenvalue weighted by atomic mass is 19.1. The van der Waals surface area contributed by atoms with Gasteiger partial charge in [0.05, 0.1) is 18.8 Å². The molecule has 1 aromatic rings. The highest BCUT2D eigenvalue weighted by Crippen LogP contribution is 2.37. The van der Waals surface area contributed by atoms with Crippen LogP contribution in [-0.2, 0) is 9.53 Å². The van der Waals surface area contributed by atoms with Crippen molar-refractivity contribution in [3.05, 3.63) is 24.1 Å². The van der Waals surface area contributed by atoms with E-state index >= 15 is 0 Å². The Kier molecular flexibility index (Phi) is 5.01. The fourth-order valence-corrected chi connectivity index (χ4v) is 3.38. The summed E-state index contributed by atoms with van der Waals surface area (Å²) in [6.45, 7) is 2.24. The number of likely N-dealkylation sites (N-methyl/N-ethyl adjacent to an activating group) is 1. The first kappa shape index (κ1) is 17.1. The van der Waals surface area contributed by atoms with Crippen molar-refractivity contribution in [3.63, 3.8) is 0 Å². The number of aromatic nitrogens is 1. The molecule has 24 heavy (non-hydrogen) atoms. The third-order valence-corrected chi connectivity index (χ3v) is 4.66. The van der Waals surface area contributed by atoms with Crippen molar-refractivity contribution < 1.29 is 18.7 Å². The molecule has 3 heterocycles. The van der Waals surface area contributed by atoms with E-state index < -0.39 is 5.82 Å². The lowest BCUT2D eigenvalue weighted by Crippen LogP contribution is -2.48. The largest absolute Gasteiger partial charge is 0.470 e. The molecule has 2 saturated heterocycles. The van der Waals surface area contributed by atoms with Gasteiger partial charge in [-0.25, -0.2) is 9.37 Å². The van der Waals surface area contributed by atoms with Gasteiger partial charge in [0.1, 0.15) is 6.10 Å². The number of piperidine rings is 1. The van der Waals surface area contributed by atoms with Gasteiger partial charge in [0, 0.05) is 25.7 Å². The van der Waals surface area contributed by atoms with Gasteiger partial charge in [-0.3, -0.25) is 4.79 Å². The van der Waals surface area contributed by atoms with Gasteiger partial charge in [-0.05, 0) is 39.1 Å². The van der Waals surface area contributed by atoms with Crippen LogP contribution < -0.4 is 4.74 Å². The Balaban J connectivity index is 1.53. The molecule has 7 heteroatoms. The zero-order chi connectivity index (χ0) is 17.2. The molecule has 0 aromatic carbocycles. The minimum Gasteiger partial charge on any atom is -0.470 e. The Morgan fingerprint density at radius 3 is 2.92 bits per heavy atom. The summed E-state index contributed by atoms with van der Waals surface area (Å²) in [6, 6.07) is 2.87. The maximum absolute atomic E-state index is 13.6. The second-order valence-electron chi connectivity index (χ2n) is 6.85. The number of carbonyl (C=O) groups is 1. The summed E-state index contributed by atoms with van der Waals surface area (Å²) in [5.41, 5.74) is -0.259. The Morgan fingerprint density at radius 2 is 2.25 bits per heavy atom. The first-order valence-corrected chi connectivity index (χ1v) is 8.31. The fraction of sp³-hybridized carbons (Fsp3) is 0.647. The van der Waals surface area contributed by atoms with Crippen molar-refractivity contribution in [3.8, 4) is 5.88 Å². The van der Waals surface area contributed by atoms with Crippen LogP contribution in [-0.4, -0.2) is 72.7 Å². The number of hydrogen-bond acceptors (Lipinski definition) is 5. The molecule has 0 saturated carbocycles. The monoisotopic (exact) mass is 337 g/mol. The first-order chi connectivity index (χ1) is 11.5. The number of rotatable bonds is 4. The van der Waals surface area contributed by atoms with Crippen LogP contribution in [0.4, 0.5) is 4.39 Å². The van der Waals surface area contributed by atoms with Crippen molar-refractivity contribution in [2.75, 3.05) is 40.3 Å². The molecular weight excluding hydrogens is 313 g/mol. The lowest BCUT2D eigenvalue weighted by atomic mass is 9.88. The van der Waals surface area contributed by atoms with Crippen molar-refractivity contribution >= 4 is 5.91 Å². The number of carbonyl (C=O) groups excluding carboxylic acids is 1. The summed E-state index contributed by atoms with van der Waals surface area (Å²) in [5, 5.41) is 0. The average Bonchev–Trinajstić information content (AvgIpc) is 2.92. The number of nitrogens with zero attached hydrogens (tertiary/aromatic N) is 3. The SMILES string of the molecule is CN(C)CC(=O)N1CCC2(CC1)CC(Oc1ncccc1F)CO2. The number of likely N-dealkylation sites (tertiary alicyclic amines) is 1. The van der Waals surface area contributed by atoms with Gasteiger partial charge in [0.15, 0.2) is 5.82 Å². The molecule has 2 fully saturated rings. The van der Waals surface area contributed by atoms with Gasteiger partial charge in [-0.1, -0.05) is 0 Å². The fourth-order valence-electron chi connectivity index (χ4n) is 3.38. The highest BCUT2D eigenvalue weighted by molar-refractivity contribution is 5.78. The minimum absolute atomic E-state index is 0.0294. The number of ether oxygens (including phenoxy) is 2. The van der Waals surface area contributed by atoms with Gasteiger partial charge >= 0.3 is 0 Å². The smallest absolute Gasteiger partial charge is 0.250 e. The van der Waals surface area contributed by atoms with Crippen molar-refractivity contribution in [2.24, 2.45) is 0 Å². The number of pyridine rings is 1. The minimum atomic E-state index is -0.456. The van der Waals surface area contributed by atoms with Gasteiger partial charge in [-0.2, -0.15) is 0 Å². The van der Waals surface area contributed by atoms with Gasteiger partial charge < -0.3 is 19.3 Å². The van der Waals surface area contributed by atoms with Crippen LogP contribution in [0.1, 0.15) is 19.3 Å². The summed E-state index contributed by atoms with van der Waals surface area (Å²) < 4.78 is 25.3. The van der Waals surface area contributed by atoms with E-state index in [0.29, 0.717) is 32.7 Å². The maximum atomic E-state index is 13.6. The molecule has 132 valence electrons. The van der Waals surface area contributed by atoms with E-state index in [1.54, 1.807) is 0 Å². The van der Waals surface area contributed by atoms with Crippen LogP contribution >= 0.6 is 0 Å². The van der Waals surface area contributed by atoms with E-state index in [1.807, 2.05) is 23.9 Å². The number of halogens is 1. The van der Waals surface area contributed by atoms with Crippen LogP contribution in [0.15, 0.2) is 18.3 Å². The molecule has 2 aliphatic rings. The predicted molar refractivity (Wildman–Crippen MR) is 86.3 cm³/mol. The van der Waals surface area contributed by atoms with E-state index in [-0.39, 0.29) is 23.5 Å². The van der Waals surface area contributed by atoms with Crippen molar-refractivity contribution in [2.45, 2.75) is 31.0 Å². The van der Waals surface area contributed by atoms with Crippen LogP contribution in [0.5, 0.6) is 5.88 Å². The summed E-state index contributed by atoms with van der Waals surface area (Å²) in [7, 11) is 3.78. The second kappa shape index (κ2) is 7.03. The molecule has 2 aliphatic heterocycles. The zero-order valence-electron chi connectivity index (χ0n) is 14.2. The molecule has 0 N–H and O–H groups in total. The van der Waals surface area contributed by atoms with Crippen LogP contribution in [0, 0.1) is 5.82 Å². The first-order valence-electron chi connectivity index (χ1n) is 8.31. The van der Waals surface area contributed by atoms with E-state index in [0.717, 1.165) is 12.8 Å². The molecule has 1 atom stereocenters. The summed E-state index contributed by atoms with van der Waals surface area (Å²) >= 11 is 0. The number of amides is 1. The standard InChI is InChI=1S/C17H24FN3O3/c1-20(2)11-15(22)21-8-5-17(6-9-21)10-13(12-23-17)24-16-14(18)4-3-7-19-16/h3-4,7,13H,5-6,8-12H2,1-2H3. The quantitative estimate of drug-likeness (QED) is 0.829. The molecule has 6 nitrogen and oxygen atoms in total. The zero-order valence-corrected chi connectivity index (χ0v) is 14.2. The Hall–Kier alpha value is -1.73. The average molecular weight is 337 g/mol. The maximum Gasteiger partial charge on any atom is 0.250 e. The lowest BCUT2D eigenvalue weighted by molar-refractivity contribution is -0.136. The third kappa shape index (κ3) is 3.84. The molecule has 0 aliphatic carbocycles. The molecular formula is C17H24FN3O3. The van der Waals surface area contributed by atoms with Gasteiger partial charge in [0.25, 0.3) is 5.88 Å². The van der Waals surface area contributed by atoms with Gasteiger partial charge in [0.2, 0.25) is 5.91 Å². The highest BCUT2D eigenvalue weighted by Gasteiger charge is 2.44. The van der Waals surface area contributed by atoms with Crippen LogP contribution in [0.2, 0.25) is 0 Å². The topological polar surface area (TPSA) is 54.9 Å². The predicted octanol–water partition coefficient (Wildman–Crippen LogP) is 1.31. The normalized spacial score (nSPS) is 23.0. The van der Waals surface area contributed by atoms with E-state index in [1.165, 1.54) is 18.3 Å². The molecule has 1 spiro atoms. The van der Waals surface area contributed by atoms with E-state index in [9.17, 15) is 9.18 Å². The number of hydrogen-bond donors (Lipinski definition) is 0. The van der Waals surface area contributed by atoms with Crippen LogP contribution in [0.3, 0.4) is 0 Å². The Labute approximate surface area is 141 Å². The Bertz CT molecular complexity index is 588. The van der Waals surface area contributed by atoms with E-state index in [2.05, 4.69) is 4.98 Å². The molecule has 1 amide bonds. The van der Waals surface area contributed by atoms with Crippen molar-refractivity contribution in [1.82, 2.24) is 14.8 Å².